The number of benzene rings is 2. The van der Waals surface area contributed by atoms with Gasteiger partial charge in [-0.3, -0.25) is 4.79 Å². The first-order valence-electron chi connectivity index (χ1n) is 15.1. The van der Waals surface area contributed by atoms with Crippen molar-refractivity contribution in [3.8, 4) is 5.75 Å². The Kier molecular flexibility index (Phi) is 11.9. The van der Waals surface area contributed by atoms with Gasteiger partial charge in [-0.15, -0.1) is 5.10 Å². The largest absolute Gasteiger partial charge is 0.492 e. The van der Waals surface area contributed by atoms with Gasteiger partial charge in [-0.2, -0.15) is 8.99 Å². The van der Waals surface area contributed by atoms with Crippen LogP contribution in [-0.2, 0) is 32.5 Å². The summed E-state index contributed by atoms with van der Waals surface area (Å²) in [5, 5.41) is 10.3. The molecular formula is C31H40F2N6O7S. The quantitative estimate of drug-likeness (QED) is 0.257. The molecule has 1 atom stereocenters. The molecule has 2 aromatic carbocycles. The van der Waals surface area contributed by atoms with Crippen LogP contribution < -0.4 is 15.4 Å². The second-order valence-electron chi connectivity index (χ2n) is 11.3. The first kappa shape index (κ1) is 35.7. The summed E-state index contributed by atoms with van der Waals surface area (Å²) in [7, 11) is 1.05. The summed E-state index contributed by atoms with van der Waals surface area (Å²) in [6.07, 6.45) is -0.222. The molecule has 0 saturated carbocycles. The van der Waals surface area contributed by atoms with Gasteiger partial charge in [0.25, 0.3) is 5.91 Å². The third-order valence-electron chi connectivity index (χ3n) is 7.19. The summed E-state index contributed by atoms with van der Waals surface area (Å²) in [6, 6.07) is 6.78. The molecular weight excluding hydrogens is 638 g/mol. The van der Waals surface area contributed by atoms with Crippen LogP contribution in [0.1, 0.15) is 41.9 Å². The number of likely N-dealkylation sites (N-methyl/N-ethyl adjacent to an activating group) is 1. The molecule has 16 heteroatoms. The highest BCUT2D eigenvalue weighted by atomic mass is 32.2. The van der Waals surface area contributed by atoms with Crippen LogP contribution in [-0.4, -0.2) is 99.6 Å². The minimum Gasteiger partial charge on any atom is -0.492 e. The summed E-state index contributed by atoms with van der Waals surface area (Å²) in [4.78, 5) is 28.1. The van der Waals surface area contributed by atoms with E-state index in [4.69, 9.17) is 14.2 Å². The van der Waals surface area contributed by atoms with Crippen molar-refractivity contribution in [1.29, 1.82) is 0 Å². The molecule has 0 spiro atoms. The predicted molar refractivity (Wildman–Crippen MR) is 170 cm³/mol. The molecule has 0 saturated heterocycles. The van der Waals surface area contributed by atoms with Gasteiger partial charge in [0, 0.05) is 56.9 Å². The molecule has 1 aliphatic rings. The third-order valence-corrected chi connectivity index (χ3v) is 9.02. The number of anilines is 2. The zero-order valence-electron chi connectivity index (χ0n) is 27.0. The van der Waals surface area contributed by atoms with Gasteiger partial charge in [0.1, 0.15) is 24.0 Å². The fourth-order valence-corrected chi connectivity index (χ4v) is 6.39. The number of carbonyl (C=O) groups excluding carboxylic acids is 2. The number of halogens is 2. The lowest BCUT2D eigenvalue weighted by Gasteiger charge is -2.27. The van der Waals surface area contributed by atoms with Crippen molar-refractivity contribution in [2.45, 2.75) is 44.2 Å². The number of carbonyl (C=O) groups is 2. The van der Waals surface area contributed by atoms with Crippen LogP contribution in [0.4, 0.5) is 25.1 Å². The Bertz CT molecular complexity index is 1680. The van der Waals surface area contributed by atoms with E-state index in [1.807, 2.05) is 32.8 Å². The molecule has 47 heavy (non-hydrogen) atoms. The molecule has 2 N–H and O–H groups in total. The Morgan fingerprint density at radius 1 is 1.11 bits per heavy atom. The van der Waals surface area contributed by atoms with Gasteiger partial charge in [-0.1, -0.05) is 6.92 Å². The lowest BCUT2D eigenvalue weighted by molar-refractivity contribution is 0.102. The number of nitrogens with zero attached hydrogens (tertiary/aromatic N) is 4. The third kappa shape index (κ3) is 8.82. The number of methoxy groups -OCH3 is 1. The topological polar surface area (TPSA) is 144 Å². The first-order valence-corrected chi connectivity index (χ1v) is 16.5. The maximum atomic E-state index is 13.9. The number of rotatable bonds is 14. The summed E-state index contributed by atoms with van der Waals surface area (Å²) < 4.78 is 73.2. The summed E-state index contributed by atoms with van der Waals surface area (Å²) in [5.41, 5.74) is 1.25. The molecule has 4 rings (SSSR count). The second kappa shape index (κ2) is 15.6. The summed E-state index contributed by atoms with van der Waals surface area (Å²) in [5.74, 6) is -2.21. The molecule has 0 aliphatic carbocycles. The second-order valence-corrected chi connectivity index (χ2v) is 13.2. The van der Waals surface area contributed by atoms with E-state index in [0.717, 1.165) is 21.1 Å². The van der Waals surface area contributed by atoms with Gasteiger partial charge in [0.05, 0.1) is 35.1 Å². The van der Waals surface area contributed by atoms with Crippen LogP contribution in [0.25, 0.3) is 0 Å². The van der Waals surface area contributed by atoms with Crippen molar-refractivity contribution in [1.82, 2.24) is 19.0 Å². The minimum atomic E-state index is -4.37. The average molecular weight is 679 g/mol. The lowest BCUT2D eigenvalue weighted by atomic mass is 10.1. The summed E-state index contributed by atoms with van der Waals surface area (Å²) in [6.45, 7) is 4.83. The van der Waals surface area contributed by atoms with E-state index < -0.39 is 38.6 Å². The maximum Gasteiger partial charge on any atom is 0.435 e. The summed E-state index contributed by atoms with van der Waals surface area (Å²) >= 11 is 0. The Morgan fingerprint density at radius 3 is 2.49 bits per heavy atom. The normalized spacial score (nSPS) is 14.0. The number of nitrogens with one attached hydrogen (secondary N) is 2. The van der Waals surface area contributed by atoms with Crippen LogP contribution in [0.5, 0.6) is 5.75 Å². The van der Waals surface area contributed by atoms with Gasteiger partial charge in [-0.25, -0.2) is 22.0 Å². The van der Waals surface area contributed by atoms with Crippen LogP contribution in [0.15, 0.2) is 41.3 Å². The number of fused-ring (bicyclic) bond motifs is 1. The van der Waals surface area contributed by atoms with Crippen LogP contribution in [0, 0.1) is 11.6 Å². The van der Waals surface area contributed by atoms with E-state index >= 15 is 0 Å². The highest BCUT2D eigenvalue weighted by Gasteiger charge is 2.35. The van der Waals surface area contributed by atoms with Crippen molar-refractivity contribution in [2.75, 3.05) is 64.7 Å². The number of ether oxygens (including phenoxy) is 3. The van der Waals surface area contributed by atoms with Crippen molar-refractivity contribution in [3.05, 3.63) is 64.9 Å². The molecule has 1 amide bonds. The van der Waals surface area contributed by atoms with Crippen molar-refractivity contribution < 1.29 is 41.0 Å². The van der Waals surface area contributed by atoms with Crippen molar-refractivity contribution in [2.24, 2.45) is 0 Å². The van der Waals surface area contributed by atoms with Gasteiger partial charge < -0.3 is 29.7 Å². The smallest absolute Gasteiger partial charge is 0.435 e. The van der Waals surface area contributed by atoms with E-state index in [0.29, 0.717) is 49.4 Å². The molecule has 256 valence electrons. The number of hydrogen-bond donors (Lipinski definition) is 2. The fraction of sp³-hybridized carbons (Fsp3) is 0.452. The Morgan fingerprint density at radius 2 is 1.83 bits per heavy atom. The average Bonchev–Trinajstić information content (AvgIpc) is 3.37. The molecule has 0 bridgehead atoms. The standard InChI is InChI=1S/C31H40F2N6O7S/c1-6-12-46-31(41)39-28-9-10-38(47(42,43)24-15-21(32)14-22(33)16-24)18-26(28)29(36-39)35-30(40)25-8-7-23(45-13-11-37(3)4)17-27(25)34-20(2)19-44-5/h7-8,14-17,20,34H,6,9-13,18-19H2,1-5H3,(H,35,36,40)/t20-/m0/s1. The number of hydrogen-bond acceptors (Lipinski definition) is 10. The van der Waals surface area contributed by atoms with Crippen LogP contribution in [0.3, 0.4) is 0 Å². The lowest BCUT2D eigenvalue weighted by Crippen LogP contribution is -2.37. The number of aromatic nitrogens is 2. The van der Waals surface area contributed by atoms with E-state index in [-0.39, 0.29) is 49.1 Å². The first-order chi connectivity index (χ1) is 22.3. The molecule has 1 aliphatic heterocycles. The van der Waals surface area contributed by atoms with E-state index in [1.165, 1.54) is 0 Å². The van der Waals surface area contributed by atoms with Crippen LogP contribution in [0.2, 0.25) is 0 Å². The minimum absolute atomic E-state index is 0.0107. The van der Waals surface area contributed by atoms with Crippen molar-refractivity contribution in [3.63, 3.8) is 0 Å². The van der Waals surface area contributed by atoms with E-state index in [9.17, 15) is 26.8 Å². The van der Waals surface area contributed by atoms with Crippen LogP contribution >= 0.6 is 0 Å². The molecule has 13 nitrogen and oxygen atoms in total. The number of sulfonamides is 1. The maximum absolute atomic E-state index is 13.9. The Labute approximate surface area is 272 Å². The molecule has 0 unspecified atom stereocenters. The van der Waals surface area contributed by atoms with Crippen molar-refractivity contribution >= 4 is 33.5 Å². The van der Waals surface area contributed by atoms with Gasteiger partial charge in [-0.05, 0) is 51.7 Å². The fourth-order valence-electron chi connectivity index (χ4n) is 4.94. The molecule has 0 radical (unpaired) electrons. The molecule has 2 heterocycles. The predicted octanol–water partition coefficient (Wildman–Crippen LogP) is 3.94. The van der Waals surface area contributed by atoms with Gasteiger partial charge in [0.15, 0.2) is 5.82 Å². The zero-order valence-corrected chi connectivity index (χ0v) is 27.8. The number of amides is 1. The van der Waals surface area contributed by atoms with Gasteiger partial charge >= 0.3 is 6.09 Å². The highest BCUT2D eigenvalue weighted by Crippen LogP contribution is 2.32. The SMILES string of the molecule is CCCOC(=O)n1nc(NC(=O)c2ccc(OCCN(C)C)cc2N[C@@H](C)COC)c2c1CCN(S(=O)(=O)c1cc(F)cc(F)c1)C2. The zero-order chi connectivity index (χ0) is 34.3. The molecule has 0 fully saturated rings. The Hall–Kier alpha value is -4.12. The van der Waals surface area contributed by atoms with E-state index in [2.05, 4.69) is 15.7 Å². The van der Waals surface area contributed by atoms with Gasteiger partial charge in [0.2, 0.25) is 10.0 Å². The molecule has 1 aromatic heterocycles. The molecule has 3 aromatic rings. The highest BCUT2D eigenvalue weighted by molar-refractivity contribution is 7.89. The Balaban J connectivity index is 1.69. The monoisotopic (exact) mass is 678 g/mol. The van der Waals surface area contributed by atoms with E-state index in [1.54, 1.807) is 25.3 Å².